The first-order valence-corrected chi connectivity index (χ1v) is 8.49. The summed E-state index contributed by atoms with van der Waals surface area (Å²) in [5.41, 5.74) is 1.62. The van der Waals surface area contributed by atoms with E-state index in [2.05, 4.69) is 20.3 Å². The number of benzene rings is 2. The fourth-order valence-electron chi connectivity index (χ4n) is 2.35. The average molecular weight is 386 g/mol. The maximum Gasteiger partial charge on any atom is 0.337 e. The Morgan fingerprint density at radius 2 is 1.93 bits per heavy atom. The summed E-state index contributed by atoms with van der Waals surface area (Å²) >= 11 is 5.85. The molecule has 0 bridgehead atoms. The Morgan fingerprint density at radius 1 is 1.15 bits per heavy atom. The number of rotatable bonds is 6. The van der Waals surface area contributed by atoms with Gasteiger partial charge in [-0.25, -0.2) is 4.79 Å². The lowest BCUT2D eigenvalue weighted by Gasteiger charge is -2.06. The second-order valence-corrected chi connectivity index (χ2v) is 6.06. The van der Waals surface area contributed by atoms with Crippen LogP contribution in [0.2, 0.25) is 5.02 Å². The number of amides is 1. The number of carbonyl (C=O) groups excluding carboxylic acids is 2. The second kappa shape index (κ2) is 8.46. The number of esters is 1. The summed E-state index contributed by atoms with van der Waals surface area (Å²) in [5.74, 6) is 0.0289. The smallest absolute Gasteiger partial charge is 0.337 e. The lowest BCUT2D eigenvalue weighted by Crippen LogP contribution is -2.13. The lowest BCUT2D eigenvalue weighted by molar-refractivity contribution is -0.116. The summed E-state index contributed by atoms with van der Waals surface area (Å²) in [6, 6.07) is 13.5. The third-order valence-electron chi connectivity index (χ3n) is 3.69. The van der Waals surface area contributed by atoms with Gasteiger partial charge in [0.15, 0.2) is 0 Å². The highest BCUT2D eigenvalue weighted by atomic mass is 35.5. The van der Waals surface area contributed by atoms with E-state index in [0.717, 1.165) is 5.56 Å². The summed E-state index contributed by atoms with van der Waals surface area (Å²) in [6.07, 6.45) is 0.452. The van der Waals surface area contributed by atoms with Gasteiger partial charge in [0.25, 0.3) is 0 Å². The van der Waals surface area contributed by atoms with Gasteiger partial charge in [0.1, 0.15) is 0 Å². The number of hydrogen-bond acceptors (Lipinski definition) is 6. The predicted molar refractivity (Wildman–Crippen MR) is 99.5 cm³/mol. The van der Waals surface area contributed by atoms with Crippen LogP contribution in [0.25, 0.3) is 11.5 Å². The summed E-state index contributed by atoms with van der Waals surface area (Å²) in [6.45, 7) is 0. The van der Waals surface area contributed by atoms with Crippen LogP contribution < -0.4 is 5.32 Å². The summed E-state index contributed by atoms with van der Waals surface area (Å²) in [7, 11) is 1.30. The van der Waals surface area contributed by atoms with Gasteiger partial charge < -0.3 is 14.5 Å². The molecule has 1 aromatic heterocycles. The van der Waals surface area contributed by atoms with Crippen molar-refractivity contribution in [1.29, 1.82) is 0 Å². The quantitative estimate of drug-likeness (QED) is 0.649. The van der Waals surface area contributed by atoms with Gasteiger partial charge in [0.05, 0.1) is 12.7 Å². The molecular formula is C19H16ClN3O4. The summed E-state index contributed by atoms with van der Waals surface area (Å²) in [5, 5.41) is 11.3. The number of ether oxygens (including phenoxy) is 1. The van der Waals surface area contributed by atoms with Crippen molar-refractivity contribution in [2.24, 2.45) is 0 Å². The van der Waals surface area contributed by atoms with Crippen LogP contribution in [0, 0.1) is 0 Å². The topological polar surface area (TPSA) is 94.3 Å². The molecule has 0 spiro atoms. The molecule has 1 heterocycles. The molecule has 0 aliphatic carbocycles. The number of aromatic nitrogens is 2. The predicted octanol–water partition coefficient (Wildman–Crippen LogP) is 3.75. The molecule has 8 heteroatoms. The largest absolute Gasteiger partial charge is 0.465 e. The second-order valence-electron chi connectivity index (χ2n) is 5.63. The Kier molecular flexibility index (Phi) is 5.83. The van der Waals surface area contributed by atoms with Gasteiger partial charge in [-0.15, -0.1) is 10.2 Å². The molecule has 138 valence electrons. The van der Waals surface area contributed by atoms with Crippen molar-refractivity contribution in [2.45, 2.75) is 12.8 Å². The molecule has 1 amide bonds. The molecule has 1 N–H and O–H groups in total. The highest BCUT2D eigenvalue weighted by molar-refractivity contribution is 6.30. The van der Waals surface area contributed by atoms with Crippen molar-refractivity contribution < 1.29 is 18.7 Å². The molecule has 0 atom stereocenters. The van der Waals surface area contributed by atoms with Crippen molar-refractivity contribution in [3.63, 3.8) is 0 Å². The number of nitrogens with zero attached hydrogens (tertiary/aromatic N) is 2. The van der Waals surface area contributed by atoms with Crippen LogP contribution >= 0.6 is 11.6 Å². The number of hydrogen-bond donors (Lipinski definition) is 1. The van der Waals surface area contributed by atoms with E-state index in [1.54, 1.807) is 48.5 Å². The van der Waals surface area contributed by atoms with E-state index in [-0.39, 0.29) is 12.3 Å². The van der Waals surface area contributed by atoms with Crippen LogP contribution in [0.5, 0.6) is 0 Å². The van der Waals surface area contributed by atoms with E-state index < -0.39 is 5.97 Å². The minimum absolute atomic E-state index is 0.157. The Bertz CT molecular complexity index is 954. The van der Waals surface area contributed by atoms with E-state index in [0.29, 0.717) is 34.5 Å². The van der Waals surface area contributed by atoms with Gasteiger partial charge in [-0.3, -0.25) is 4.79 Å². The van der Waals surface area contributed by atoms with Crippen molar-refractivity contribution in [1.82, 2.24) is 10.2 Å². The summed E-state index contributed by atoms with van der Waals surface area (Å²) in [4.78, 5) is 23.6. The maximum absolute atomic E-state index is 12.1. The highest BCUT2D eigenvalue weighted by Crippen LogP contribution is 2.20. The number of halogens is 1. The van der Waals surface area contributed by atoms with Crippen molar-refractivity contribution >= 4 is 29.2 Å². The van der Waals surface area contributed by atoms with E-state index in [9.17, 15) is 9.59 Å². The van der Waals surface area contributed by atoms with Crippen molar-refractivity contribution in [2.75, 3.05) is 12.4 Å². The standard InChI is InChI=1S/C19H16ClN3O4/c1-26-19(25)13-3-2-4-15(11-13)21-16(24)9-10-17-22-23-18(27-17)12-5-7-14(20)8-6-12/h2-8,11H,9-10H2,1H3,(H,21,24). The zero-order valence-corrected chi connectivity index (χ0v) is 15.2. The van der Waals surface area contributed by atoms with Gasteiger partial charge in [-0.05, 0) is 42.5 Å². The van der Waals surface area contributed by atoms with Crippen LogP contribution in [-0.4, -0.2) is 29.2 Å². The zero-order chi connectivity index (χ0) is 19.2. The zero-order valence-electron chi connectivity index (χ0n) is 14.4. The van der Waals surface area contributed by atoms with E-state index in [1.807, 2.05) is 0 Å². The first-order chi connectivity index (χ1) is 13.0. The monoisotopic (exact) mass is 385 g/mol. The van der Waals surface area contributed by atoms with E-state index in [1.165, 1.54) is 7.11 Å². The van der Waals surface area contributed by atoms with Crippen LogP contribution in [0.15, 0.2) is 52.9 Å². The molecular weight excluding hydrogens is 370 g/mol. The van der Waals surface area contributed by atoms with E-state index in [4.69, 9.17) is 16.0 Å². The third kappa shape index (κ3) is 4.92. The first kappa shape index (κ1) is 18.6. The van der Waals surface area contributed by atoms with Gasteiger partial charge in [-0.1, -0.05) is 17.7 Å². The first-order valence-electron chi connectivity index (χ1n) is 8.11. The normalized spacial score (nSPS) is 10.4. The third-order valence-corrected chi connectivity index (χ3v) is 3.94. The molecule has 0 aliphatic heterocycles. The molecule has 3 aromatic rings. The Morgan fingerprint density at radius 3 is 2.67 bits per heavy atom. The fourth-order valence-corrected chi connectivity index (χ4v) is 2.48. The lowest BCUT2D eigenvalue weighted by atomic mass is 10.2. The van der Waals surface area contributed by atoms with Gasteiger partial charge in [0.2, 0.25) is 17.7 Å². The number of methoxy groups -OCH3 is 1. The minimum atomic E-state index is -0.466. The van der Waals surface area contributed by atoms with Crippen LogP contribution in [0.1, 0.15) is 22.7 Å². The Labute approximate surface area is 160 Å². The SMILES string of the molecule is COC(=O)c1cccc(NC(=O)CCc2nnc(-c3ccc(Cl)cc3)o2)c1. The number of aryl methyl sites for hydroxylation is 1. The number of carbonyl (C=O) groups is 2. The molecule has 0 radical (unpaired) electrons. The van der Waals surface area contributed by atoms with Gasteiger partial charge in [0, 0.05) is 29.1 Å². The molecule has 3 rings (SSSR count). The van der Waals surface area contributed by atoms with Crippen LogP contribution in [0.4, 0.5) is 5.69 Å². The van der Waals surface area contributed by atoms with Crippen molar-refractivity contribution in [3.8, 4) is 11.5 Å². The maximum atomic E-state index is 12.1. The van der Waals surface area contributed by atoms with Crippen molar-refractivity contribution in [3.05, 3.63) is 65.0 Å². The van der Waals surface area contributed by atoms with Gasteiger partial charge >= 0.3 is 5.97 Å². The summed E-state index contributed by atoms with van der Waals surface area (Å²) < 4.78 is 10.2. The molecule has 0 unspecified atom stereocenters. The Balaban J connectivity index is 1.57. The van der Waals surface area contributed by atoms with E-state index >= 15 is 0 Å². The molecule has 2 aromatic carbocycles. The number of nitrogens with one attached hydrogen (secondary N) is 1. The van der Waals surface area contributed by atoms with Crippen LogP contribution in [0.3, 0.4) is 0 Å². The highest BCUT2D eigenvalue weighted by Gasteiger charge is 2.12. The molecule has 0 saturated heterocycles. The number of anilines is 1. The van der Waals surface area contributed by atoms with Gasteiger partial charge in [-0.2, -0.15) is 0 Å². The average Bonchev–Trinajstić information content (AvgIpc) is 3.15. The van der Waals surface area contributed by atoms with Crippen LogP contribution in [-0.2, 0) is 16.0 Å². The molecule has 7 nitrogen and oxygen atoms in total. The molecule has 0 fully saturated rings. The molecule has 27 heavy (non-hydrogen) atoms. The minimum Gasteiger partial charge on any atom is -0.465 e. The molecule has 0 saturated carbocycles. The Hall–Kier alpha value is -3.19. The molecule has 0 aliphatic rings. The fraction of sp³-hybridized carbons (Fsp3) is 0.158.